The van der Waals surface area contributed by atoms with E-state index in [1.807, 2.05) is 44.2 Å². The van der Waals surface area contributed by atoms with Gasteiger partial charge in [0.1, 0.15) is 4.83 Å². The third-order valence-electron chi connectivity index (χ3n) is 4.89. The minimum atomic E-state index is -3.38. The van der Waals surface area contributed by atoms with Gasteiger partial charge in [0, 0.05) is 11.1 Å². The Bertz CT molecular complexity index is 1430. The number of sulfonamides is 1. The molecule has 0 fully saturated rings. The number of rotatable bonds is 6. The van der Waals surface area contributed by atoms with Gasteiger partial charge >= 0.3 is 0 Å². The molecule has 10 heteroatoms. The molecular weight excluding hydrogens is 468 g/mol. The molecule has 4 aromatic rings. The molecular formula is C22H21ClN4O3S2. The van der Waals surface area contributed by atoms with Crippen LogP contribution < -0.4 is 10.0 Å². The molecule has 166 valence electrons. The second-order valence-electron chi connectivity index (χ2n) is 7.47. The number of thiophene rings is 1. The van der Waals surface area contributed by atoms with Crippen molar-refractivity contribution in [3.05, 3.63) is 75.8 Å². The van der Waals surface area contributed by atoms with Crippen LogP contribution >= 0.6 is 22.9 Å². The van der Waals surface area contributed by atoms with E-state index in [2.05, 4.69) is 15.1 Å². The summed E-state index contributed by atoms with van der Waals surface area (Å²) < 4.78 is 27.2. The zero-order valence-electron chi connectivity index (χ0n) is 17.6. The van der Waals surface area contributed by atoms with Crippen LogP contribution in [0.5, 0.6) is 0 Å². The van der Waals surface area contributed by atoms with E-state index in [-0.39, 0.29) is 11.9 Å². The van der Waals surface area contributed by atoms with Gasteiger partial charge in [0.05, 0.1) is 33.6 Å². The number of fused-ring (bicyclic) bond motifs is 1. The average molecular weight is 489 g/mol. The van der Waals surface area contributed by atoms with Crippen LogP contribution in [-0.2, 0) is 10.0 Å². The highest BCUT2D eigenvalue weighted by Crippen LogP contribution is 2.32. The van der Waals surface area contributed by atoms with Crippen molar-refractivity contribution in [1.82, 2.24) is 15.1 Å². The quantitative estimate of drug-likeness (QED) is 0.403. The highest BCUT2D eigenvalue weighted by molar-refractivity contribution is 7.92. The van der Waals surface area contributed by atoms with E-state index in [1.165, 1.54) is 11.3 Å². The predicted octanol–water partition coefficient (Wildman–Crippen LogP) is 4.91. The van der Waals surface area contributed by atoms with Crippen molar-refractivity contribution < 1.29 is 13.2 Å². The number of hydrogen-bond donors (Lipinski definition) is 2. The van der Waals surface area contributed by atoms with Crippen LogP contribution in [0.2, 0.25) is 5.02 Å². The monoisotopic (exact) mass is 488 g/mol. The minimum Gasteiger partial charge on any atom is -0.345 e. The number of amides is 1. The van der Waals surface area contributed by atoms with Crippen LogP contribution in [0.1, 0.15) is 33.9 Å². The van der Waals surface area contributed by atoms with E-state index in [4.69, 9.17) is 11.6 Å². The third-order valence-corrected chi connectivity index (χ3v) is 6.92. The number of aryl methyl sites for hydroxylation is 1. The summed E-state index contributed by atoms with van der Waals surface area (Å²) in [6.07, 6.45) is 1.10. The Labute approximate surface area is 195 Å². The molecule has 0 saturated carbocycles. The van der Waals surface area contributed by atoms with E-state index in [0.717, 1.165) is 33.4 Å². The van der Waals surface area contributed by atoms with Crippen LogP contribution in [0.3, 0.4) is 0 Å². The number of benzene rings is 2. The summed E-state index contributed by atoms with van der Waals surface area (Å²) in [5.41, 5.74) is 2.79. The maximum atomic E-state index is 13.0. The van der Waals surface area contributed by atoms with Crippen LogP contribution in [0.4, 0.5) is 5.69 Å². The molecule has 0 aliphatic heterocycles. The smallest absolute Gasteiger partial charge is 0.261 e. The summed E-state index contributed by atoms with van der Waals surface area (Å²) in [4.78, 5) is 14.4. The van der Waals surface area contributed by atoms with Crippen molar-refractivity contribution in [3.63, 3.8) is 0 Å². The largest absolute Gasteiger partial charge is 0.345 e. The fourth-order valence-electron chi connectivity index (χ4n) is 3.38. The second kappa shape index (κ2) is 8.57. The van der Waals surface area contributed by atoms with E-state index >= 15 is 0 Å². The van der Waals surface area contributed by atoms with Gasteiger partial charge in [-0.05, 0) is 49.7 Å². The predicted molar refractivity (Wildman–Crippen MR) is 129 cm³/mol. The Kier molecular flexibility index (Phi) is 5.98. The molecule has 1 atom stereocenters. The number of hydrogen-bond acceptors (Lipinski definition) is 5. The number of para-hydroxylation sites is 1. The summed E-state index contributed by atoms with van der Waals surface area (Å²) >= 11 is 7.69. The zero-order chi connectivity index (χ0) is 23.0. The number of halogens is 1. The van der Waals surface area contributed by atoms with Gasteiger partial charge < -0.3 is 5.32 Å². The van der Waals surface area contributed by atoms with Crippen molar-refractivity contribution in [2.24, 2.45) is 0 Å². The normalized spacial score (nSPS) is 12.6. The molecule has 0 spiro atoms. The van der Waals surface area contributed by atoms with Crippen LogP contribution in [-0.4, -0.2) is 30.4 Å². The van der Waals surface area contributed by atoms with Crippen LogP contribution in [0, 0.1) is 6.92 Å². The number of anilines is 1. The van der Waals surface area contributed by atoms with Crippen molar-refractivity contribution in [1.29, 1.82) is 0 Å². The molecule has 2 aromatic carbocycles. The van der Waals surface area contributed by atoms with Gasteiger partial charge in [0.15, 0.2) is 0 Å². The molecule has 1 amide bonds. The number of carbonyl (C=O) groups is 1. The maximum absolute atomic E-state index is 13.0. The lowest BCUT2D eigenvalue weighted by molar-refractivity contribution is 0.0944. The summed E-state index contributed by atoms with van der Waals surface area (Å²) in [6, 6.07) is 15.9. The molecule has 4 rings (SSSR count). The fourth-order valence-corrected chi connectivity index (χ4v) is 5.23. The van der Waals surface area contributed by atoms with Crippen LogP contribution in [0.15, 0.2) is 54.6 Å². The molecule has 2 aromatic heterocycles. The molecule has 32 heavy (non-hydrogen) atoms. The van der Waals surface area contributed by atoms with Gasteiger partial charge in [0.2, 0.25) is 10.0 Å². The molecule has 0 bridgehead atoms. The van der Waals surface area contributed by atoms with Gasteiger partial charge in [-0.25, -0.2) is 13.1 Å². The molecule has 0 aliphatic rings. The van der Waals surface area contributed by atoms with E-state index < -0.39 is 10.0 Å². The Morgan fingerprint density at radius 3 is 2.62 bits per heavy atom. The van der Waals surface area contributed by atoms with Gasteiger partial charge in [-0.3, -0.25) is 9.52 Å². The molecule has 0 radical (unpaired) electrons. The lowest BCUT2D eigenvalue weighted by Crippen LogP contribution is -2.26. The molecule has 7 nitrogen and oxygen atoms in total. The topological polar surface area (TPSA) is 93.1 Å². The van der Waals surface area contributed by atoms with Gasteiger partial charge in [0.25, 0.3) is 5.91 Å². The number of carbonyl (C=O) groups excluding carboxylic acids is 1. The SMILES string of the molecule is Cc1nn(-c2ccccc2Cl)c2sc(C(=O)NC(C)c3cccc(NS(C)(=O)=O)c3)cc12. The number of aromatic nitrogens is 2. The third kappa shape index (κ3) is 4.64. The second-order valence-corrected chi connectivity index (χ2v) is 10.7. The Morgan fingerprint density at radius 2 is 1.91 bits per heavy atom. The Morgan fingerprint density at radius 1 is 1.16 bits per heavy atom. The first-order valence-electron chi connectivity index (χ1n) is 9.75. The van der Waals surface area contributed by atoms with Crippen molar-refractivity contribution in [2.45, 2.75) is 19.9 Å². The molecule has 0 aliphatic carbocycles. The molecule has 2 heterocycles. The summed E-state index contributed by atoms with van der Waals surface area (Å²) in [6.45, 7) is 3.74. The summed E-state index contributed by atoms with van der Waals surface area (Å²) in [5.74, 6) is -0.217. The first-order valence-corrected chi connectivity index (χ1v) is 12.8. The first-order chi connectivity index (χ1) is 15.1. The van der Waals surface area contributed by atoms with Crippen LogP contribution in [0.25, 0.3) is 15.9 Å². The number of nitrogens with one attached hydrogen (secondary N) is 2. The Hall–Kier alpha value is -2.88. The number of nitrogens with zero attached hydrogens (tertiary/aromatic N) is 2. The van der Waals surface area contributed by atoms with E-state index in [0.29, 0.717) is 15.6 Å². The summed E-state index contributed by atoms with van der Waals surface area (Å²) in [5, 5.41) is 9.04. The zero-order valence-corrected chi connectivity index (χ0v) is 20.0. The van der Waals surface area contributed by atoms with E-state index in [9.17, 15) is 13.2 Å². The molecule has 2 N–H and O–H groups in total. The lowest BCUT2D eigenvalue weighted by atomic mass is 10.1. The lowest BCUT2D eigenvalue weighted by Gasteiger charge is -2.15. The van der Waals surface area contributed by atoms with Gasteiger partial charge in [-0.1, -0.05) is 35.9 Å². The first kappa shape index (κ1) is 22.3. The summed E-state index contributed by atoms with van der Waals surface area (Å²) in [7, 11) is -3.38. The Balaban J connectivity index is 1.59. The molecule has 1 unspecified atom stereocenters. The minimum absolute atomic E-state index is 0.217. The van der Waals surface area contributed by atoms with Crippen molar-refractivity contribution >= 4 is 54.8 Å². The molecule has 0 saturated heterocycles. The van der Waals surface area contributed by atoms with Gasteiger partial charge in [-0.15, -0.1) is 11.3 Å². The highest BCUT2D eigenvalue weighted by Gasteiger charge is 2.20. The van der Waals surface area contributed by atoms with Gasteiger partial charge in [-0.2, -0.15) is 5.10 Å². The van der Waals surface area contributed by atoms with Crippen molar-refractivity contribution in [3.8, 4) is 5.69 Å². The highest BCUT2D eigenvalue weighted by atomic mass is 35.5. The maximum Gasteiger partial charge on any atom is 0.261 e. The van der Waals surface area contributed by atoms with Crippen molar-refractivity contribution in [2.75, 3.05) is 11.0 Å². The van der Waals surface area contributed by atoms with E-state index in [1.54, 1.807) is 28.9 Å². The average Bonchev–Trinajstić information content (AvgIpc) is 3.28. The standard InChI is InChI=1S/C22H21ClN4O3S2/c1-13(15-7-6-8-16(11-15)26-32(3,29)30)24-21(28)20-12-17-14(2)25-27(22(17)31-20)19-10-5-4-9-18(19)23/h4-13,26H,1-3H3,(H,24,28). The fraction of sp³-hybridized carbons (Fsp3) is 0.182.